The molecule has 2 heterocycles. The molecule has 0 spiro atoms. The largest absolute Gasteiger partial charge is 0.349 e. The lowest BCUT2D eigenvalue weighted by molar-refractivity contribution is -0.140. The summed E-state index contributed by atoms with van der Waals surface area (Å²) in [6, 6.07) is -0.243. The molecule has 0 aromatic rings. The van der Waals surface area contributed by atoms with Crippen LogP contribution in [0.3, 0.4) is 0 Å². The van der Waals surface area contributed by atoms with Gasteiger partial charge in [-0.15, -0.1) is 11.8 Å². The zero-order chi connectivity index (χ0) is 15.8. The number of fused-ring (bicyclic) bond motifs is 1. The van der Waals surface area contributed by atoms with Gasteiger partial charge in [-0.05, 0) is 69.6 Å². The number of thioether (sulfide) groups is 1. The standard InChI is InChI=1S/C18H26N2O2S/c1-17-3-2-15(21)20(17)14(10-23-17)16(22)19-18-7-11-4-12(8-18)6-13(5-11)9-18/h11-14H,2-10H2,1H3,(H,19,22)/t11?,12?,13?,14-,17+,18?/m1/s1. The fraction of sp³-hybridized carbons (Fsp3) is 0.889. The predicted molar refractivity (Wildman–Crippen MR) is 89.8 cm³/mol. The van der Waals surface area contributed by atoms with E-state index in [1.54, 1.807) is 11.8 Å². The van der Waals surface area contributed by atoms with Gasteiger partial charge >= 0.3 is 0 Å². The van der Waals surface area contributed by atoms with E-state index >= 15 is 0 Å². The first-order valence-corrected chi connectivity index (χ1v) is 10.2. The van der Waals surface area contributed by atoms with E-state index in [0.29, 0.717) is 6.42 Å². The molecular formula is C18H26N2O2S. The highest BCUT2D eigenvalue weighted by Gasteiger charge is 2.56. The van der Waals surface area contributed by atoms with Crippen molar-refractivity contribution in [2.24, 2.45) is 17.8 Å². The summed E-state index contributed by atoms with van der Waals surface area (Å²) < 4.78 is 0. The first-order valence-electron chi connectivity index (χ1n) is 9.25. The lowest BCUT2D eigenvalue weighted by atomic mass is 9.53. The van der Waals surface area contributed by atoms with Crippen LogP contribution in [-0.4, -0.2) is 38.9 Å². The summed E-state index contributed by atoms with van der Waals surface area (Å²) in [5, 5.41) is 3.47. The minimum atomic E-state index is -0.243. The maximum Gasteiger partial charge on any atom is 0.244 e. The summed E-state index contributed by atoms with van der Waals surface area (Å²) in [7, 11) is 0. The van der Waals surface area contributed by atoms with Gasteiger partial charge in [0.15, 0.2) is 0 Å². The van der Waals surface area contributed by atoms with Gasteiger partial charge < -0.3 is 10.2 Å². The fourth-order valence-corrected chi connectivity index (χ4v) is 8.05. The number of hydrogen-bond acceptors (Lipinski definition) is 3. The molecule has 0 aromatic heterocycles. The lowest BCUT2D eigenvalue weighted by Gasteiger charge is -2.57. The molecule has 2 saturated heterocycles. The Morgan fingerprint density at radius 3 is 2.39 bits per heavy atom. The number of rotatable bonds is 2. The van der Waals surface area contributed by atoms with Gasteiger partial charge in [0, 0.05) is 17.7 Å². The van der Waals surface area contributed by atoms with Crippen molar-refractivity contribution in [2.75, 3.05) is 5.75 Å². The Hall–Kier alpha value is -0.710. The molecule has 6 fully saturated rings. The number of nitrogens with one attached hydrogen (secondary N) is 1. The summed E-state index contributed by atoms with van der Waals surface area (Å²) in [5.41, 5.74) is 0.0538. The molecule has 126 valence electrons. The molecule has 4 nitrogen and oxygen atoms in total. The Bertz CT molecular complexity index is 542. The maximum atomic E-state index is 13.0. The molecule has 0 aromatic carbocycles. The van der Waals surface area contributed by atoms with E-state index < -0.39 is 0 Å². The summed E-state index contributed by atoms with van der Waals surface area (Å²) in [6.07, 6.45) is 9.18. The molecule has 4 saturated carbocycles. The van der Waals surface area contributed by atoms with Crippen molar-refractivity contribution in [3.8, 4) is 0 Å². The first kappa shape index (κ1) is 14.6. The van der Waals surface area contributed by atoms with Crippen molar-refractivity contribution in [3.05, 3.63) is 0 Å². The average molecular weight is 334 g/mol. The van der Waals surface area contributed by atoms with Crippen LogP contribution in [0.4, 0.5) is 0 Å². The van der Waals surface area contributed by atoms with E-state index in [0.717, 1.165) is 29.9 Å². The lowest BCUT2D eigenvalue weighted by Crippen LogP contribution is -2.63. The molecule has 6 aliphatic rings. The summed E-state index contributed by atoms with van der Waals surface area (Å²) >= 11 is 1.79. The third-order valence-corrected chi connectivity index (χ3v) is 8.68. The van der Waals surface area contributed by atoms with Crippen molar-refractivity contribution in [1.82, 2.24) is 10.2 Å². The molecule has 4 bridgehead atoms. The van der Waals surface area contributed by atoms with E-state index in [2.05, 4.69) is 12.2 Å². The van der Waals surface area contributed by atoms with E-state index in [9.17, 15) is 9.59 Å². The van der Waals surface area contributed by atoms with Crippen molar-refractivity contribution in [2.45, 2.75) is 74.7 Å². The van der Waals surface area contributed by atoms with E-state index in [-0.39, 0.29) is 28.3 Å². The average Bonchev–Trinajstić information content (AvgIpc) is 2.94. The van der Waals surface area contributed by atoms with Gasteiger partial charge in [-0.2, -0.15) is 0 Å². The topological polar surface area (TPSA) is 49.4 Å². The third-order valence-electron chi connectivity index (χ3n) is 7.17. The number of hydrogen-bond donors (Lipinski definition) is 1. The van der Waals surface area contributed by atoms with Gasteiger partial charge in [0.05, 0.1) is 4.87 Å². The van der Waals surface area contributed by atoms with Crippen LogP contribution < -0.4 is 5.32 Å². The summed E-state index contributed by atoms with van der Waals surface area (Å²) in [5.74, 6) is 3.55. The summed E-state index contributed by atoms with van der Waals surface area (Å²) in [4.78, 5) is 27.1. The Labute approximate surface area is 142 Å². The number of nitrogens with zero attached hydrogens (tertiary/aromatic N) is 1. The van der Waals surface area contributed by atoms with Crippen LogP contribution in [0, 0.1) is 17.8 Å². The van der Waals surface area contributed by atoms with Crippen LogP contribution >= 0.6 is 11.8 Å². The van der Waals surface area contributed by atoms with Crippen LogP contribution in [0.15, 0.2) is 0 Å². The molecule has 6 rings (SSSR count). The third kappa shape index (κ3) is 2.11. The van der Waals surface area contributed by atoms with Crippen molar-refractivity contribution >= 4 is 23.6 Å². The number of amides is 2. The highest BCUT2D eigenvalue weighted by Crippen LogP contribution is 2.56. The fourth-order valence-electron chi connectivity index (χ4n) is 6.62. The number of carbonyl (C=O) groups is 2. The second kappa shape index (κ2) is 4.68. The molecule has 0 radical (unpaired) electrons. The van der Waals surface area contributed by atoms with E-state index in [1.807, 2.05) is 4.90 Å². The van der Waals surface area contributed by atoms with Crippen LogP contribution in [0.5, 0.6) is 0 Å². The molecule has 2 aliphatic heterocycles. The molecule has 2 atom stereocenters. The first-order chi connectivity index (χ1) is 11.0. The van der Waals surface area contributed by atoms with Gasteiger partial charge in [0.25, 0.3) is 0 Å². The molecule has 1 N–H and O–H groups in total. The molecule has 0 unspecified atom stereocenters. The molecule has 4 aliphatic carbocycles. The zero-order valence-electron chi connectivity index (χ0n) is 13.8. The van der Waals surface area contributed by atoms with Gasteiger partial charge in [0.1, 0.15) is 6.04 Å². The minimum Gasteiger partial charge on any atom is -0.349 e. The Morgan fingerprint density at radius 2 is 1.78 bits per heavy atom. The second-order valence-electron chi connectivity index (χ2n) is 8.95. The Balaban J connectivity index is 1.35. The van der Waals surface area contributed by atoms with Crippen LogP contribution in [0.2, 0.25) is 0 Å². The van der Waals surface area contributed by atoms with Crippen molar-refractivity contribution in [3.63, 3.8) is 0 Å². The van der Waals surface area contributed by atoms with Crippen molar-refractivity contribution < 1.29 is 9.59 Å². The highest BCUT2D eigenvalue weighted by atomic mass is 32.2. The normalized spacial score (nSPS) is 50.5. The van der Waals surface area contributed by atoms with Gasteiger partial charge in [-0.1, -0.05) is 0 Å². The van der Waals surface area contributed by atoms with Crippen LogP contribution in [0.1, 0.15) is 58.3 Å². The molecule has 5 heteroatoms. The van der Waals surface area contributed by atoms with Crippen LogP contribution in [0.25, 0.3) is 0 Å². The van der Waals surface area contributed by atoms with Gasteiger partial charge in [0.2, 0.25) is 11.8 Å². The van der Waals surface area contributed by atoms with Gasteiger partial charge in [-0.25, -0.2) is 0 Å². The smallest absolute Gasteiger partial charge is 0.244 e. The van der Waals surface area contributed by atoms with E-state index in [1.165, 1.54) is 38.5 Å². The van der Waals surface area contributed by atoms with Gasteiger partial charge in [-0.3, -0.25) is 9.59 Å². The number of carbonyl (C=O) groups excluding carboxylic acids is 2. The Kier molecular flexibility index (Phi) is 2.97. The molecule has 23 heavy (non-hydrogen) atoms. The van der Waals surface area contributed by atoms with E-state index in [4.69, 9.17) is 0 Å². The second-order valence-corrected chi connectivity index (χ2v) is 10.5. The van der Waals surface area contributed by atoms with Crippen molar-refractivity contribution in [1.29, 1.82) is 0 Å². The zero-order valence-corrected chi connectivity index (χ0v) is 14.7. The Morgan fingerprint density at radius 1 is 1.17 bits per heavy atom. The monoisotopic (exact) mass is 334 g/mol. The highest BCUT2D eigenvalue weighted by molar-refractivity contribution is 8.01. The maximum absolute atomic E-state index is 13.0. The molecule has 2 amide bonds. The quantitative estimate of drug-likeness (QED) is 0.844. The molecular weight excluding hydrogens is 308 g/mol. The minimum absolute atomic E-state index is 0.0538. The predicted octanol–water partition coefficient (Wildman–Crippen LogP) is 2.53. The summed E-state index contributed by atoms with van der Waals surface area (Å²) in [6.45, 7) is 2.13. The van der Waals surface area contributed by atoms with Crippen LogP contribution in [-0.2, 0) is 9.59 Å². The SMILES string of the molecule is C[C@]12CCC(=O)N1[C@@H](C(=O)NC13CC4CC(CC(C4)C1)C3)CS2.